The van der Waals surface area contributed by atoms with E-state index in [1.54, 1.807) is 0 Å². The van der Waals surface area contributed by atoms with Crippen molar-refractivity contribution in [2.75, 3.05) is 11.1 Å². The molecule has 0 saturated heterocycles. The van der Waals surface area contributed by atoms with Gasteiger partial charge in [-0.2, -0.15) is 11.8 Å². The zero-order valence-corrected chi connectivity index (χ0v) is 13.2. The highest BCUT2D eigenvalue weighted by molar-refractivity contribution is 7.99. The van der Waals surface area contributed by atoms with Gasteiger partial charge >= 0.3 is 0 Å². The van der Waals surface area contributed by atoms with Gasteiger partial charge in [0.1, 0.15) is 4.99 Å². The number of hydrogen-bond donors (Lipinski definition) is 2. The molecule has 1 aromatic carbocycles. The van der Waals surface area contributed by atoms with E-state index in [9.17, 15) is 0 Å². The van der Waals surface area contributed by atoms with Crippen LogP contribution >= 0.6 is 24.0 Å². The predicted molar refractivity (Wildman–Crippen MR) is 90.2 cm³/mol. The summed E-state index contributed by atoms with van der Waals surface area (Å²) in [5.74, 6) is 1.21. The van der Waals surface area contributed by atoms with Crippen LogP contribution in [-0.2, 0) is 0 Å². The zero-order chi connectivity index (χ0) is 13.8. The van der Waals surface area contributed by atoms with Crippen LogP contribution in [0.15, 0.2) is 18.2 Å². The lowest BCUT2D eigenvalue weighted by Crippen LogP contribution is -2.21. The van der Waals surface area contributed by atoms with Crippen molar-refractivity contribution in [3.05, 3.63) is 29.3 Å². The molecule has 0 aliphatic heterocycles. The van der Waals surface area contributed by atoms with E-state index in [1.807, 2.05) is 12.1 Å². The van der Waals surface area contributed by atoms with Gasteiger partial charge in [-0.05, 0) is 43.6 Å². The fraction of sp³-hybridized carbons (Fsp3) is 0.533. The Bertz CT molecular complexity index is 459. The molecule has 0 heterocycles. The molecule has 2 rings (SSSR count). The lowest BCUT2D eigenvalue weighted by Gasteiger charge is -2.19. The van der Waals surface area contributed by atoms with Crippen molar-refractivity contribution in [1.82, 2.24) is 0 Å². The van der Waals surface area contributed by atoms with E-state index < -0.39 is 0 Å². The second-order valence-corrected chi connectivity index (χ2v) is 7.11. The number of benzene rings is 1. The van der Waals surface area contributed by atoms with Gasteiger partial charge in [-0.1, -0.05) is 31.3 Å². The molecule has 2 atom stereocenters. The molecule has 0 radical (unpaired) electrons. The minimum atomic E-state index is 0.476. The average molecular weight is 294 g/mol. The van der Waals surface area contributed by atoms with Crippen LogP contribution in [0.4, 0.5) is 5.69 Å². The molecule has 104 valence electrons. The summed E-state index contributed by atoms with van der Waals surface area (Å²) in [5.41, 5.74) is 9.14. The SMILES string of the molecule is CCSC1CCC(Nc2c(C)cccc2C(N)=S)C1. The van der Waals surface area contributed by atoms with E-state index in [0.29, 0.717) is 11.0 Å². The van der Waals surface area contributed by atoms with Crippen molar-refractivity contribution in [3.63, 3.8) is 0 Å². The number of hydrogen-bond acceptors (Lipinski definition) is 3. The van der Waals surface area contributed by atoms with E-state index in [2.05, 4.69) is 37.0 Å². The Balaban J connectivity index is 2.09. The summed E-state index contributed by atoms with van der Waals surface area (Å²) >= 11 is 7.23. The summed E-state index contributed by atoms with van der Waals surface area (Å²) in [6.45, 7) is 4.34. The van der Waals surface area contributed by atoms with Crippen LogP contribution in [0.2, 0.25) is 0 Å². The van der Waals surface area contributed by atoms with Gasteiger partial charge < -0.3 is 11.1 Å². The third-order valence-corrected chi connectivity index (χ3v) is 5.13. The maximum atomic E-state index is 5.82. The van der Waals surface area contributed by atoms with Crippen LogP contribution in [0, 0.1) is 6.92 Å². The number of para-hydroxylation sites is 1. The van der Waals surface area contributed by atoms with E-state index in [1.165, 1.54) is 30.6 Å². The minimum Gasteiger partial charge on any atom is -0.389 e. The standard InChI is InChI=1S/C15H22N2S2/c1-3-19-12-8-7-11(9-12)17-14-10(2)5-4-6-13(14)15(16)18/h4-6,11-12,17H,3,7-9H2,1-2H3,(H2,16,18). The summed E-state index contributed by atoms with van der Waals surface area (Å²) in [5, 5.41) is 4.47. The maximum Gasteiger partial charge on any atom is 0.106 e. The Kier molecular flexibility index (Phi) is 5.11. The number of thiocarbonyl (C=S) groups is 1. The van der Waals surface area contributed by atoms with Crippen LogP contribution in [0.3, 0.4) is 0 Å². The largest absolute Gasteiger partial charge is 0.389 e. The molecule has 0 aromatic heterocycles. The number of anilines is 1. The minimum absolute atomic E-state index is 0.476. The van der Waals surface area contributed by atoms with Gasteiger partial charge in [0.25, 0.3) is 0 Å². The molecule has 4 heteroatoms. The van der Waals surface area contributed by atoms with Gasteiger partial charge in [0.05, 0.1) is 0 Å². The first-order valence-electron chi connectivity index (χ1n) is 6.89. The molecule has 2 nitrogen and oxygen atoms in total. The first-order valence-corrected chi connectivity index (χ1v) is 8.35. The van der Waals surface area contributed by atoms with Gasteiger partial charge in [0.15, 0.2) is 0 Å². The first-order chi connectivity index (χ1) is 9.11. The second-order valence-electron chi connectivity index (χ2n) is 5.09. The molecule has 2 unspecified atom stereocenters. The third kappa shape index (κ3) is 3.63. The highest BCUT2D eigenvalue weighted by Gasteiger charge is 2.25. The van der Waals surface area contributed by atoms with E-state index in [4.69, 9.17) is 18.0 Å². The van der Waals surface area contributed by atoms with E-state index in [0.717, 1.165) is 16.5 Å². The fourth-order valence-electron chi connectivity index (χ4n) is 2.73. The van der Waals surface area contributed by atoms with Crippen molar-refractivity contribution in [2.24, 2.45) is 5.73 Å². The molecular weight excluding hydrogens is 272 g/mol. The lowest BCUT2D eigenvalue weighted by molar-refractivity contribution is 0.756. The molecule has 3 N–H and O–H groups in total. The highest BCUT2D eigenvalue weighted by atomic mass is 32.2. The lowest BCUT2D eigenvalue weighted by atomic mass is 10.1. The van der Waals surface area contributed by atoms with Crippen molar-refractivity contribution in [1.29, 1.82) is 0 Å². The van der Waals surface area contributed by atoms with Crippen molar-refractivity contribution >= 4 is 34.7 Å². The molecule has 0 bridgehead atoms. The van der Waals surface area contributed by atoms with Gasteiger partial charge in [-0.25, -0.2) is 0 Å². The van der Waals surface area contributed by atoms with Crippen LogP contribution in [-0.4, -0.2) is 22.0 Å². The summed E-state index contributed by atoms with van der Waals surface area (Å²) in [4.78, 5) is 0.476. The molecule has 1 aromatic rings. The summed E-state index contributed by atoms with van der Waals surface area (Å²) in [6, 6.07) is 6.68. The van der Waals surface area contributed by atoms with Gasteiger partial charge in [0.2, 0.25) is 0 Å². The fourth-order valence-corrected chi connectivity index (χ4v) is 4.04. The summed E-state index contributed by atoms with van der Waals surface area (Å²) < 4.78 is 0. The number of thioether (sulfide) groups is 1. The number of nitrogens with one attached hydrogen (secondary N) is 1. The van der Waals surface area contributed by atoms with Crippen molar-refractivity contribution in [3.8, 4) is 0 Å². The van der Waals surface area contributed by atoms with Gasteiger partial charge in [-0.15, -0.1) is 0 Å². The topological polar surface area (TPSA) is 38.0 Å². The highest BCUT2D eigenvalue weighted by Crippen LogP contribution is 2.33. The molecule has 1 aliphatic carbocycles. The Hall–Kier alpha value is -0.740. The molecular formula is C15H22N2S2. The Labute approximate surface area is 125 Å². The number of rotatable bonds is 5. The maximum absolute atomic E-state index is 5.82. The average Bonchev–Trinajstić information content (AvgIpc) is 2.79. The zero-order valence-electron chi connectivity index (χ0n) is 11.6. The van der Waals surface area contributed by atoms with Crippen LogP contribution in [0.5, 0.6) is 0 Å². The third-order valence-electron chi connectivity index (χ3n) is 3.67. The molecule has 1 fully saturated rings. The Morgan fingerprint density at radius 1 is 1.47 bits per heavy atom. The summed E-state index contributed by atoms with van der Waals surface area (Å²) in [7, 11) is 0. The molecule has 0 spiro atoms. The smallest absolute Gasteiger partial charge is 0.106 e. The summed E-state index contributed by atoms with van der Waals surface area (Å²) in [6.07, 6.45) is 3.79. The number of nitrogens with two attached hydrogens (primary N) is 1. The molecule has 1 aliphatic rings. The molecule has 1 saturated carbocycles. The molecule has 0 amide bonds. The Morgan fingerprint density at radius 3 is 2.95 bits per heavy atom. The Morgan fingerprint density at radius 2 is 2.26 bits per heavy atom. The monoisotopic (exact) mass is 294 g/mol. The predicted octanol–water partition coefficient (Wildman–Crippen LogP) is 3.72. The van der Waals surface area contributed by atoms with Crippen LogP contribution < -0.4 is 11.1 Å². The van der Waals surface area contributed by atoms with Crippen LogP contribution in [0.25, 0.3) is 0 Å². The second kappa shape index (κ2) is 6.62. The molecule has 19 heavy (non-hydrogen) atoms. The quantitative estimate of drug-likeness (QED) is 0.812. The van der Waals surface area contributed by atoms with E-state index >= 15 is 0 Å². The van der Waals surface area contributed by atoms with E-state index in [-0.39, 0.29) is 0 Å². The van der Waals surface area contributed by atoms with Crippen molar-refractivity contribution < 1.29 is 0 Å². The number of aryl methyl sites for hydroxylation is 1. The first kappa shape index (κ1) is 14.7. The van der Waals surface area contributed by atoms with Crippen molar-refractivity contribution in [2.45, 2.75) is 44.4 Å². The normalized spacial score (nSPS) is 22.4. The van der Waals surface area contributed by atoms with Gasteiger partial charge in [-0.3, -0.25) is 0 Å². The van der Waals surface area contributed by atoms with Crippen LogP contribution in [0.1, 0.15) is 37.3 Å². The van der Waals surface area contributed by atoms with Gasteiger partial charge in [0, 0.05) is 22.5 Å².